The zero-order chi connectivity index (χ0) is 18.7. The van der Waals surface area contributed by atoms with Crippen molar-refractivity contribution in [2.24, 2.45) is 0 Å². The van der Waals surface area contributed by atoms with Gasteiger partial charge in [0.1, 0.15) is 10.6 Å². The smallest absolute Gasteiger partial charge is 0.254 e. The topological polar surface area (TPSA) is 87.7 Å². The van der Waals surface area contributed by atoms with Crippen LogP contribution in [0.1, 0.15) is 43.0 Å². The summed E-state index contributed by atoms with van der Waals surface area (Å²) in [5.41, 5.74) is 0.367. The quantitative estimate of drug-likeness (QED) is 0.762. The van der Waals surface area contributed by atoms with E-state index in [2.05, 4.69) is 10.0 Å². The first-order valence-corrected chi connectivity index (χ1v) is 10.6. The second kappa shape index (κ2) is 9.23. The highest BCUT2D eigenvalue weighted by molar-refractivity contribution is 7.89. The van der Waals surface area contributed by atoms with Crippen molar-refractivity contribution < 1.29 is 17.9 Å². The molecule has 1 saturated heterocycles. The van der Waals surface area contributed by atoms with Crippen molar-refractivity contribution in [1.29, 1.82) is 0 Å². The molecule has 2 N–H and O–H groups in total. The van der Waals surface area contributed by atoms with Crippen LogP contribution in [0.25, 0.3) is 0 Å². The SMILES string of the molecule is COc1ccc(C(=O)N2CCNC[C@H]2C)cc1S(=O)(=O)NC1CCCC1.Cl. The molecule has 1 atom stereocenters. The molecule has 1 amide bonds. The van der Waals surface area contributed by atoms with E-state index in [1.807, 2.05) is 6.92 Å². The van der Waals surface area contributed by atoms with Gasteiger partial charge in [0.05, 0.1) is 7.11 Å². The summed E-state index contributed by atoms with van der Waals surface area (Å²) in [6.45, 7) is 4.05. The predicted molar refractivity (Wildman–Crippen MR) is 106 cm³/mol. The second-order valence-corrected chi connectivity index (χ2v) is 8.70. The molecule has 1 aromatic rings. The monoisotopic (exact) mass is 417 g/mol. The van der Waals surface area contributed by atoms with Gasteiger partial charge >= 0.3 is 0 Å². The van der Waals surface area contributed by atoms with Crippen LogP contribution < -0.4 is 14.8 Å². The Hall–Kier alpha value is -1.35. The Labute approximate surface area is 167 Å². The molecule has 3 rings (SSSR count). The molecule has 1 saturated carbocycles. The molecule has 0 aromatic heterocycles. The van der Waals surface area contributed by atoms with Gasteiger partial charge in [-0.1, -0.05) is 12.8 Å². The summed E-state index contributed by atoms with van der Waals surface area (Å²) in [5, 5.41) is 3.25. The van der Waals surface area contributed by atoms with Crippen LogP contribution in [0, 0.1) is 0 Å². The van der Waals surface area contributed by atoms with E-state index in [0.717, 1.165) is 38.8 Å². The molecular formula is C18H28ClN3O4S. The van der Waals surface area contributed by atoms with E-state index in [-0.39, 0.29) is 41.0 Å². The highest BCUT2D eigenvalue weighted by atomic mass is 35.5. The molecule has 0 radical (unpaired) electrons. The van der Waals surface area contributed by atoms with E-state index in [1.54, 1.807) is 17.0 Å². The average molecular weight is 418 g/mol. The number of amides is 1. The van der Waals surface area contributed by atoms with Crippen LogP contribution in [0.2, 0.25) is 0 Å². The van der Waals surface area contributed by atoms with Gasteiger partial charge in [-0.2, -0.15) is 0 Å². The fraction of sp³-hybridized carbons (Fsp3) is 0.611. The first-order valence-electron chi connectivity index (χ1n) is 9.14. The van der Waals surface area contributed by atoms with Crippen molar-refractivity contribution in [3.63, 3.8) is 0 Å². The molecule has 152 valence electrons. The molecule has 9 heteroatoms. The third kappa shape index (κ3) is 4.93. The summed E-state index contributed by atoms with van der Waals surface area (Å²) >= 11 is 0. The van der Waals surface area contributed by atoms with Crippen LogP contribution in [0.3, 0.4) is 0 Å². The Morgan fingerprint density at radius 2 is 2.00 bits per heavy atom. The van der Waals surface area contributed by atoms with Gasteiger partial charge in [0, 0.05) is 37.3 Å². The van der Waals surface area contributed by atoms with Crippen LogP contribution >= 0.6 is 12.4 Å². The summed E-state index contributed by atoms with van der Waals surface area (Å²) in [4.78, 5) is 14.7. The minimum absolute atomic E-state index is 0. The van der Waals surface area contributed by atoms with Crippen molar-refractivity contribution in [1.82, 2.24) is 14.9 Å². The normalized spacial score (nSPS) is 21.0. The van der Waals surface area contributed by atoms with Crippen LogP contribution in [-0.2, 0) is 10.0 Å². The van der Waals surface area contributed by atoms with Gasteiger partial charge < -0.3 is 15.0 Å². The molecule has 1 aliphatic heterocycles. The van der Waals surface area contributed by atoms with Crippen LogP contribution in [0.4, 0.5) is 0 Å². The number of rotatable bonds is 5. The molecule has 0 spiro atoms. The number of piperazine rings is 1. The molecule has 2 aliphatic rings. The lowest BCUT2D eigenvalue weighted by atomic mass is 10.1. The van der Waals surface area contributed by atoms with Crippen molar-refractivity contribution >= 4 is 28.3 Å². The second-order valence-electron chi connectivity index (χ2n) is 7.02. The van der Waals surface area contributed by atoms with Crippen molar-refractivity contribution in [3.05, 3.63) is 23.8 Å². The van der Waals surface area contributed by atoms with E-state index in [0.29, 0.717) is 12.1 Å². The van der Waals surface area contributed by atoms with Gasteiger partial charge in [0.15, 0.2) is 0 Å². The van der Waals surface area contributed by atoms with E-state index >= 15 is 0 Å². The Balaban J connectivity index is 0.00000261. The first kappa shape index (κ1) is 21.9. The Bertz CT molecular complexity index is 766. The fourth-order valence-corrected chi connectivity index (χ4v) is 5.15. The standard InChI is InChI=1S/C18H27N3O4S.ClH/c1-13-12-19-9-10-21(13)18(22)14-7-8-16(25-2)17(11-14)26(23,24)20-15-5-3-4-6-15;/h7-8,11,13,15,19-20H,3-6,9-10,12H2,1-2H3;1H/t13-;/m1./s1. The molecule has 0 unspecified atom stereocenters. The lowest BCUT2D eigenvalue weighted by Gasteiger charge is -2.34. The Morgan fingerprint density at radius 1 is 1.30 bits per heavy atom. The Morgan fingerprint density at radius 3 is 2.63 bits per heavy atom. The van der Waals surface area contributed by atoms with Crippen LogP contribution in [0.15, 0.2) is 23.1 Å². The Kier molecular flexibility index (Phi) is 7.50. The van der Waals surface area contributed by atoms with Crippen molar-refractivity contribution in [2.75, 3.05) is 26.7 Å². The number of methoxy groups -OCH3 is 1. The summed E-state index contributed by atoms with van der Waals surface area (Å²) in [6, 6.07) is 4.65. The third-order valence-electron chi connectivity index (χ3n) is 5.14. The van der Waals surface area contributed by atoms with E-state index in [9.17, 15) is 13.2 Å². The van der Waals surface area contributed by atoms with E-state index in [1.165, 1.54) is 13.2 Å². The molecule has 1 heterocycles. The lowest BCUT2D eigenvalue weighted by molar-refractivity contribution is 0.0655. The molecule has 1 aromatic carbocycles. The largest absolute Gasteiger partial charge is 0.495 e. The predicted octanol–water partition coefficient (Wildman–Crippen LogP) is 1.77. The summed E-state index contributed by atoms with van der Waals surface area (Å²) in [5.74, 6) is 0.0966. The summed E-state index contributed by atoms with van der Waals surface area (Å²) in [6.07, 6.45) is 3.75. The minimum atomic E-state index is -3.74. The van der Waals surface area contributed by atoms with Crippen LogP contribution in [-0.4, -0.2) is 58.1 Å². The number of sulfonamides is 1. The number of benzene rings is 1. The number of carbonyl (C=O) groups is 1. The third-order valence-corrected chi connectivity index (χ3v) is 6.68. The van der Waals surface area contributed by atoms with E-state index < -0.39 is 10.0 Å². The minimum Gasteiger partial charge on any atom is -0.495 e. The molecule has 27 heavy (non-hydrogen) atoms. The average Bonchev–Trinajstić information content (AvgIpc) is 3.13. The molecule has 2 fully saturated rings. The number of hydrogen-bond acceptors (Lipinski definition) is 5. The zero-order valence-electron chi connectivity index (χ0n) is 15.7. The zero-order valence-corrected chi connectivity index (χ0v) is 17.4. The van der Waals surface area contributed by atoms with Crippen molar-refractivity contribution in [3.8, 4) is 5.75 Å². The van der Waals surface area contributed by atoms with Gasteiger partial charge in [0.25, 0.3) is 5.91 Å². The van der Waals surface area contributed by atoms with Gasteiger partial charge in [-0.05, 0) is 38.0 Å². The summed E-state index contributed by atoms with van der Waals surface area (Å²) < 4.78 is 33.7. The lowest BCUT2D eigenvalue weighted by Crippen LogP contribution is -2.52. The van der Waals surface area contributed by atoms with Crippen molar-refractivity contribution in [2.45, 2.75) is 49.6 Å². The van der Waals surface area contributed by atoms with Gasteiger partial charge in [-0.15, -0.1) is 12.4 Å². The highest BCUT2D eigenvalue weighted by Gasteiger charge is 2.29. The fourth-order valence-electron chi connectivity index (χ4n) is 3.65. The molecule has 0 bridgehead atoms. The number of carbonyl (C=O) groups excluding carboxylic acids is 1. The van der Waals surface area contributed by atoms with Gasteiger partial charge in [-0.25, -0.2) is 13.1 Å². The maximum atomic E-state index is 12.9. The summed E-state index contributed by atoms with van der Waals surface area (Å²) in [7, 11) is -2.31. The highest BCUT2D eigenvalue weighted by Crippen LogP contribution is 2.28. The first-order chi connectivity index (χ1) is 12.4. The number of hydrogen-bond donors (Lipinski definition) is 2. The van der Waals surface area contributed by atoms with E-state index in [4.69, 9.17) is 4.74 Å². The molecular weight excluding hydrogens is 390 g/mol. The number of ether oxygens (including phenoxy) is 1. The van der Waals surface area contributed by atoms with Gasteiger partial charge in [0.2, 0.25) is 10.0 Å². The molecule has 7 nitrogen and oxygen atoms in total. The maximum absolute atomic E-state index is 12.9. The number of nitrogens with zero attached hydrogens (tertiary/aromatic N) is 1. The van der Waals surface area contributed by atoms with Gasteiger partial charge in [-0.3, -0.25) is 4.79 Å². The van der Waals surface area contributed by atoms with Crippen LogP contribution in [0.5, 0.6) is 5.75 Å². The maximum Gasteiger partial charge on any atom is 0.254 e. The molecule has 1 aliphatic carbocycles. The number of halogens is 1. The number of nitrogens with one attached hydrogen (secondary N) is 2.